The van der Waals surface area contributed by atoms with Crippen molar-refractivity contribution in [1.82, 2.24) is 0 Å². The van der Waals surface area contributed by atoms with Gasteiger partial charge in [-0.05, 0) is 19.9 Å². The molecular weight excluding hydrogens is 328 g/mol. The Morgan fingerprint density at radius 3 is 2.84 bits per heavy atom. The summed E-state index contributed by atoms with van der Waals surface area (Å²) in [6, 6.07) is 5.71. The summed E-state index contributed by atoms with van der Waals surface area (Å²) in [7, 11) is 0. The molecule has 2 saturated heterocycles. The van der Waals surface area contributed by atoms with Gasteiger partial charge in [-0.2, -0.15) is 0 Å². The third-order valence-electron chi connectivity index (χ3n) is 4.71. The number of benzene rings is 1. The van der Waals surface area contributed by atoms with Gasteiger partial charge in [0.1, 0.15) is 5.60 Å². The number of nitro benzene ring substituents is 1. The van der Waals surface area contributed by atoms with Crippen molar-refractivity contribution >= 4 is 23.3 Å². The number of esters is 1. The number of carbonyl (C=O) groups excluding carboxylic acids is 2. The predicted molar refractivity (Wildman–Crippen MR) is 87.9 cm³/mol. The van der Waals surface area contributed by atoms with Gasteiger partial charge in [-0.3, -0.25) is 19.7 Å². The number of ether oxygens (including phenoxy) is 2. The Kier molecular flexibility index (Phi) is 4.24. The van der Waals surface area contributed by atoms with Crippen LogP contribution in [-0.4, -0.2) is 34.6 Å². The lowest BCUT2D eigenvalue weighted by Crippen LogP contribution is -2.52. The van der Waals surface area contributed by atoms with E-state index in [2.05, 4.69) is 5.32 Å². The summed E-state index contributed by atoms with van der Waals surface area (Å²) >= 11 is 0. The summed E-state index contributed by atoms with van der Waals surface area (Å²) in [5, 5.41) is 13.5. The molecule has 1 aromatic rings. The maximum atomic E-state index is 12.8. The normalized spacial score (nSPS) is 27.8. The number of anilines is 1. The zero-order chi connectivity index (χ0) is 18.2. The van der Waals surface area contributed by atoms with Gasteiger partial charge in [0.15, 0.2) is 0 Å². The Morgan fingerprint density at radius 1 is 1.40 bits per heavy atom. The van der Waals surface area contributed by atoms with E-state index in [1.807, 2.05) is 13.8 Å². The molecule has 0 radical (unpaired) electrons. The first kappa shape index (κ1) is 17.3. The second-order valence-corrected chi connectivity index (χ2v) is 7.13. The maximum Gasteiger partial charge on any atom is 0.307 e. The Morgan fingerprint density at radius 2 is 2.16 bits per heavy atom. The molecule has 0 unspecified atom stereocenters. The predicted octanol–water partition coefficient (Wildman–Crippen LogP) is 2.42. The highest BCUT2D eigenvalue weighted by Gasteiger charge is 2.56. The third-order valence-corrected chi connectivity index (χ3v) is 4.71. The number of hydrogen-bond donors (Lipinski definition) is 1. The molecule has 0 aliphatic carbocycles. The summed E-state index contributed by atoms with van der Waals surface area (Å²) in [6.45, 7) is 4.20. The molecule has 3 rings (SSSR count). The van der Waals surface area contributed by atoms with E-state index in [9.17, 15) is 19.7 Å². The molecule has 1 amide bonds. The molecule has 0 saturated carbocycles. The van der Waals surface area contributed by atoms with Gasteiger partial charge >= 0.3 is 5.97 Å². The number of nitrogens with zero attached hydrogens (tertiary/aromatic N) is 1. The van der Waals surface area contributed by atoms with Crippen LogP contribution >= 0.6 is 0 Å². The van der Waals surface area contributed by atoms with Crippen molar-refractivity contribution in [3.05, 3.63) is 34.4 Å². The van der Waals surface area contributed by atoms with Crippen LogP contribution in [0.1, 0.15) is 33.1 Å². The fourth-order valence-electron chi connectivity index (χ4n) is 3.70. The smallest absolute Gasteiger partial charge is 0.307 e. The monoisotopic (exact) mass is 348 g/mol. The molecule has 25 heavy (non-hydrogen) atoms. The second-order valence-electron chi connectivity index (χ2n) is 7.13. The highest BCUT2D eigenvalue weighted by Crippen LogP contribution is 2.46. The number of nitrogens with one attached hydrogen (secondary N) is 1. The van der Waals surface area contributed by atoms with E-state index in [0.717, 1.165) is 0 Å². The van der Waals surface area contributed by atoms with E-state index in [0.29, 0.717) is 25.1 Å². The average molecular weight is 348 g/mol. The van der Waals surface area contributed by atoms with Crippen molar-refractivity contribution in [2.24, 2.45) is 5.92 Å². The largest absolute Gasteiger partial charge is 0.458 e. The topological polar surface area (TPSA) is 108 Å². The SMILES string of the molecule is CC1(C)C[C@@]2(CCO1)OC(=O)C[C@@H]2C(=O)Nc1cccc([N+](=O)[O-])c1. The molecule has 134 valence electrons. The molecular formula is C17H20N2O6. The lowest BCUT2D eigenvalue weighted by molar-refractivity contribution is -0.384. The summed E-state index contributed by atoms with van der Waals surface area (Å²) in [6.07, 6.45) is 0.880. The Balaban J connectivity index is 1.81. The van der Waals surface area contributed by atoms with Crippen LogP contribution in [0.2, 0.25) is 0 Å². The Bertz CT molecular complexity index is 732. The minimum Gasteiger partial charge on any atom is -0.458 e. The molecule has 0 bridgehead atoms. The van der Waals surface area contributed by atoms with Crippen molar-refractivity contribution in [3.8, 4) is 0 Å². The van der Waals surface area contributed by atoms with Gasteiger partial charge in [-0.25, -0.2) is 0 Å². The first-order valence-electron chi connectivity index (χ1n) is 8.12. The van der Waals surface area contributed by atoms with E-state index in [4.69, 9.17) is 9.47 Å². The van der Waals surface area contributed by atoms with Crippen LogP contribution in [0.3, 0.4) is 0 Å². The molecule has 2 fully saturated rings. The number of rotatable bonds is 3. The zero-order valence-corrected chi connectivity index (χ0v) is 14.1. The van der Waals surface area contributed by atoms with E-state index in [1.54, 1.807) is 6.07 Å². The van der Waals surface area contributed by atoms with Crippen LogP contribution in [-0.2, 0) is 19.1 Å². The summed E-state index contributed by atoms with van der Waals surface area (Å²) in [5.74, 6) is -1.43. The van der Waals surface area contributed by atoms with E-state index >= 15 is 0 Å². The first-order chi connectivity index (χ1) is 11.7. The molecule has 1 aromatic carbocycles. The van der Waals surface area contributed by atoms with E-state index in [-0.39, 0.29) is 18.0 Å². The fourth-order valence-corrected chi connectivity index (χ4v) is 3.70. The molecule has 8 nitrogen and oxygen atoms in total. The molecule has 2 aliphatic rings. The minimum atomic E-state index is -0.885. The second kappa shape index (κ2) is 6.11. The maximum absolute atomic E-state index is 12.8. The number of nitro groups is 1. The molecule has 2 heterocycles. The van der Waals surface area contributed by atoms with Gasteiger partial charge in [-0.1, -0.05) is 6.07 Å². The van der Waals surface area contributed by atoms with Crippen LogP contribution < -0.4 is 5.32 Å². The van der Waals surface area contributed by atoms with Crippen molar-refractivity contribution in [1.29, 1.82) is 0 Å². The molecule has 2 aliphatic heterocycles. The quantitative estimate of drug-likeness (QED) is 0.510. The Labute approximate surface area is 144 Å². The molecule has 8 heteroatoms. The Hall–Kier alpha value is -2.48. The van der Waals surface area contributed by atoms with Crippen molar-refractivity contribution in [2.45, 2.75) is 44.3 Å². The highest BCUT2D eigenvalue weighted by molar-refractivity contribution is 5.97. The van der Waals surface area contributed by atoms with Crippen LogP contribution in [0, 0.1) is 16.0 Å². The number of amides is 1. The fraction of sp³-hybridized carbons (Fsp3) is 0.529. The van der Waals surface area contributed by atoms with Crippen molar-refractivity contribution in [3.63, 3.8) is 0 Å². The summed E-state index contributed by atoms with van der Waals surface area (Å²) in [5.41, 5.74) is -1.17. The molecule has 1 spiro atoms. The van der Waals surface area contributed by atoms with Gasteiger partial charge < -0.3 is 14.8 Å². The standard InChI is InChI=1S/C17H20N2O6/c1-16(2)10-17(6-7-24-16)13(9-14(20)25-17)15(21)18-11-4-3-5-12(8-11)19(22)23/h3-5,8,13H,6-7,9-10H2,1-2H3,(H,18,21)/t13-,17-/m1/s1. The van der Waals surface area contributed by atoms with Gasteiger partial charge in [0, 0.05) is 30.7 Å². The lowest BCUT2D eigenvalue weighted by atomic mass is 9.75. The molecule has 1 N–H and O–H groups in total. The first-order valence-corrected chi connectivity index (χ1v) is 8.12. The number of hydrogen-bond acceptors (Lipinski definition) is 6. The highest BCUT2D eigenvalue weighted by atomic mass is 16.6. The molecule has 2 atom stereocenters. The zero-order valence-electron chi connectivity index (χ0n) is 14.1. The van der Waals surface area contributed by atoms with E-state index in [1.165, 1.54) is 18.2 Å². The van der Waals surface area contributed by atoms with Gasteiger partial charge in [0.05, 0.1) is 29.5 Å². The van der Waals surface area contributed by atoms with Crippen LogP contribution in [0.4, 0.5) is 11.4 Å². The minimum absolute atomic E-state index is 0.00313. The third kappa shape index (κ3) is 3.48. The van der Waals surface area contributed by atoms with Crippen LogP contribution in [0.5, 0.6) is 0 Å². The van der Waals surface area contributed by atoms with E-state index < -0.39 is 28.0 Å². The lowest BCUT2D eigenvalue weighted by Gasteiger charge is -2.43. The molecule has 0 aromatic heterocycles. The van der Waals surface area contributed by atoms with Crippen molar-refractivity contribution in [2.75, 3.05) is 11.9 Å². The summed E-state index contributed by atoms with van der Waals surface area (Å²) in [4.78, 5) is 35.0. The van der Waals surface area contributed by atoms with Crippen LogP contribution in [0.25, 0.3) is 0 Å². The average Bonchev–Trinajstić information content (AvgIpc) is 2.81. The van der Waals surface area contributed by atoms with Gasteiger partial charge in [0.2, 0.25) is 5.91 Å². The number of non-ortho nitro benzene ring substituents is 1. The van der Waals surface area contributed by atoms with Crippen LogP contribution in [0.15, 0.2) is 24.3 Å². The van der Waals surface area contributed by atoms with Crippen molar-refractivity contribution < 1.29 is 24.0 Å². The number of carbonyl (C=O) groups is 2. The van der Waals surface area contributed by atoms with Gasteiger partial charge in [-0.15, -0.1) is 0 Å². The summed E-state index contributed by atoms with van der Waals surface area (Å²) < 4.78 is 11.2. The van der Waals surface area contributed by atoms with Gasteiger partial charge in [0.25, 0.3) is 5.69 Å².